The number of aromatic nitrogens is 2. The molecule has 2 saturated heterocycles. The lowest BCUT2D eigenvalue weighted by Crippen LogP contribution is -2.36. The van der Waals surface area contributed by atoms with Gasteiger partial charge in [0.1, 0.15) is 21.6 Å². The monoisotopic (exact) mass is 494 g/mol. The van der Waals surface area contributed by atoms with E-state index in [1.54, 1.807) is 30.5 Å². The number of hydrogen-bond donors (Lipinski definition) is 0. The number of pyridine rings is 1. The number of nitrogens with zero attached hydrogens (tertiary/aromatic N) is 4. The van der Waals surface area contributed by atoms with E-state index >= 15 is 0 Å². The number of fused-ring (bicyclic) bond motifs is 1. The van der Waals surface area contributed by atoms with Crippen LogP contribution in [0.1, 0.15) is 30.9 Å². The van der Waals surface area contributed by atoms with Crippen LogP contribution in [0.4, 0.5) is 10.2 Å². The van der Waals surface area contributed by atoms with Gasteiger partial charge in [-0.05, 0) is 54.7 Å². The Bertz CT molecular complexity index is 1360. The third-order valence-electron chi connectivity index (χ3n) is 6.24. The number of benzene rings is 1. The van der Waals surface area contributed by atoms with Crippen LogP contribution in [0.2, 0.25) is 0 Å². The number of carbonyl (C=O) groups is 1. The zero-order chi connectivity index (χ0) is 23.8. The van der Waals surface area contributed by atoms with Gasteiger partial charge in [-0.1, -0.05) is 49.1 Å². The van der Waals surface area contributed by atoms with Crippen molar-refractivity contribution in [3.63, 3.8) is 0 Å². The molecule has 1 amide bonds. The van der Waals surface area contributed by atoms with Crippen molar-refractivity contribution in [2.24, 2.45) is 5.92 Å². The zero-order valence-electron chi connectivity index (χ0n) is 18.6. The van der Waals surface area contributed by atoms with E-state index in [2.05, 4.69) is 11.8 Å². The second-order valence-corrected chi connectivity index (χ2v) is 10.3. The first-order valence-corrected chi connectivity index (χ1v) is 12.4. The van der Waals surface area contributed by atoms with Crippen LogP contribution in [0.3, 0.4) is 0 Å². The molecule has 0 spiro atoms. The highest BCUT2D eigenvalue weighted by molar-refractivity contribution is 8.26. The molecular weight excluding hydrogens is 471 g/mol. The molecule has 2 aliphatic rings. The van der Waals surface area contributed by atoms with E-state index in [-0.39, 0.29) is 23.8 Å². The van der Waals surface area contributed by atoms with E-state index in [1.165, 1.54) is 33.2 Å². The van der Waals surface area contributed by atoms with Crippen LogP contribution in [0.25, 0.3) is 11.7 Å². The van der Waals surface area contributed by atoms with Crippen molar-refractivity contribution < 1.29 is 9.18 Å². The summed E-state index contributed by atoms with van der Waals surface area (Å²) in [7, 11) is 0. The zero-order valence-corrected chi connectivity index (χ0v) is 20.2. The van der Waals surface area contributed by atoms with Crippen molar-refractivity contribution in [2.75, 3.05) is 18.0 Å². The third-order valence-corrected chi connectivity index (χ3v) is 7.61. The standard InChI is InChI=1S/C25H23FN4O2S2/c1-16-9-12-28(13-10-16)22-19(23(31)29-11-3-2-4-21(29)27-22)14-20-24(32)30(25(33)34-20)15-17-5-7-18(26)8-6-17/h2-8,11,14,16H,9-10,12-13,15H2,1H3/b20-14+. The molecule has 0 N–H and O–H groups in total. The number of hydrogen-bond acceptors (Lipinski definition) is 6. The van der Waals surface area contributed by atoms with Crippen LogP contribution in [0, 0.1) is 11.7 Å². The summed E-state index contributed by atoms with van der Waals surface area (Å²) in [4.78, 5) is 35.5. The number of halogens is 1. The van der Waals surface area contributed by atoms with Gasteiger partial charge in [-0.2, -0.15) is 0 Å². The topological polar surface area (TPSA) is 57.9 Å². The Kier molecular flexibility index (Phi) is 6.22. The second-order valence-electron chi connectivity index (χ2n) is 8.65. The molecule has 6 nitrogen and oxygen atoms in total. The molecule has 0 bridgehead atoms. The third kappa shape index (κ3) is 4.37. The maximum Gasteiger partial charge on any atom is 0.267 e. The van der Waals surface area contributed by atoms with Gasteiger partial charge in [0.15, 0.2) is 0 Å². The van der Waals surface area contributed by atoms with Crippen LogP contribution in [-0.4, -0.2) is 37.6 Å². The van der Waals surface area contributed by atoms with Gasteiger partial charge >= 0.3 is 0 Å². The number of anilines is 1. The molecule has 9 heteroatoms. The summed E-state index contributed by atoms with van der Waals surface area (Å²) >= 11 is 6.63. The number of carbonyl (C=O) groups excluding carboxylic acids is 1. The van der Waals surface area contributed by atoms with E-state index in [9.17, 15) is 14.0 Å². The summed E-state index contributed by atoms with van der Waals surface area (Å²) in [5.74, 6) is 0.629. The number of thiocarbonyl (C=S) groups is 1. The molecule has 1 aromatic carbocycles. The Morgan fingerprint density at radius 2 is 1.88 bits per heavy atom. The highest BCUT2D eigenvalue weighted by Gasteiger charge is 2.33. The maximum absolute atomic E-state index is 13.5. The van der Waals surface area contributed by atoms with Gasteiger partial charge in [0.25, 0.3) is 11.5 Å². The van der Waals surface area contributed by atoms with E-state index in [1.807, 2.05) is 12.1 Å². The first-order valence-electron chi connectivity index (χ1n) is 11.2. The molecule has 0 radical (unpaired) electrons. The van der Waals surface area contributed by atoms with Crippen LogP contribution in [-0.2, 0) is 11.3 Å². The highest BCUT2D eigenvalue weighted by atomic mass is 32.2. The number of rotatable bonds is 4. The van der Waals surface area contributed by atoms with Crippen LogP contribution in [0.5, 0.6) is 0 Å². The van der Waals surface area contributed by atoms with Crippen molar-refractivity contribution in [1.82, 2.24) is 14.3 Å². The Morgan fingerprint density at radius 3 is 2.62 bits per heavy atom. The van der Waals surface area contributed by atoms with Gasteiger partial charge in [0.2, 0.25) is 0 Å². The summed E-state index contributed by atoms with van der Waals surface area (Å²) in [6, 6.07) is 11.4. The van der Waals surface area contributed by atoms with Crippen molar-refractivity contribution >= 4 is 51.7 Å². The molecular formula is C25H23FN4O2S2. The van der Waals surface area contributed by atoms with Gasteiger partial charge in [0, 0.05) is 19.3 Å². The molecule has 34 heavy (non-hydrogen) atoms. The minimum absolute atomic E-state index is 0.219. The quantitative estimate of drug-likeness (QED) is 0.394. The Labute approximate surface area is 206 Å². The largest absolute Gasteiger partial charge is 0.356 e. The molecule has 0 unspecified atom stereocenters. The predicted molar refractivity (Wildman–Crippen MR) is 137 cm³/mol. The van der Waals surface area contributed by atoms with Crippen molar-refractivity contribution in [3.8, 4) is 0 Å². The van der Waals surface area contributed by atoms with Crippen LogP contribution in [0.15, 0.2) is 58.4 Å². The summed E-state index contributed by atoms with van der Waals surface area (Å²) in [5.41, 5.74) is 1.51. The smallest absolute Gasteiger partial charge is 0.267 e. The Balaban J connectivity index is 1.53. The number of piperidine rings is 1. The molecule has 2 aliphatic heterocycles. The minimum atomic E-state index is -0.335. The van der Waals surface area contributed by atoms with Gasteiger partial charge < -0.3 is 4.90 Å². The van der Waals surface area contributed by atoms with E-state index in [0.29, 0.717) is 32.2 Å². The summed E-state index contributed by atoms with van der Waals surface area (Å²) in [6.45, 7) is 4.09. The average Bonchev–Trinajstić information content (AvgIpc) is 3.10. The molecule has 4 heterocycles. The van der Waals surface area contributed by atoms with E-state index in [0.717, 1.165) is 31.5 Å². The van der Waals surface area contributed by atoms with Crippen molar-refractivity contribution in [1.29, 1.82) is 0 Å². The first kappa shape index (κ1) is 22.7. The van der Waals surface area contributed by atoms with Crippen LogP contribution < -0.4 is 10.5 Å². The first-order chi connectivity index (χ1) is 16.4. The molecule has 0 atom stereocenters. The SMILES string of the molecule is CC1CCN(c2nc3ccccn3c(=O)c2/C=C2/SC(=S)N(Cc3ccc(F)cc3)C2=O)CC1. The Morgan fingerprint density at radius 1 is 1.15 bits per heavy atom. The fourth-order valence-electron chi connectivity index (χ4n) is 4.22. The minimum Gasteiger partial charge on any atom is -0.356 e. The Hall–Kier alpha value is -3.04. The molecule has 0 aliphatic carbocycles. The molecule has 3 aromatic rings. The average molecular weight is 495 g/mol. The van der Waals surface area contributed by atoms with Gasteiger partial charge in [0.05, 0.1) is 17.0 Å². The molecule has 174 valence electrons. The van der Waals surface area contributed by atoms with Crippen molar-refractivity contribution in [2.45, 2.75) is 26.3 Å². The molecule has 0 saturated carbocycles. The molecule has 5 rings (SSSR count). The van der Waals surface area contributed by atoms with Gasteiger partial charge in [-0.15, -0.1) is 0 Å². The number of amides is 1. The lowest BCUT2D eigenvalue weighted by molar-refractivity contribution is -0.122. The molecule has 2 fully saturated rings. The van der Waals surface area contributed by atoms with E-state index in [4.69, 9.17) is 17.2 Å². The fourth-order valence-corrected chi connectivity index (χ4v) is 5.46. The summed E-state index contributed by atoms with van der Waals surface area (Å²) in [5, 5.41) is 0. The fraction of sp³-hybridized carbons (Fsp3) is 0.280. The lowest BCUT2D eigenvalue weighted by atomic mass is 9.99. The highest BCUT2D eigenvalue weighted by Crippen LogP contribution is 2.35. The maximum atomic E-state index is 13.5. The summed E-state index contributed by atoms with van der Waals surface area (Å²) < 4.78 is 15.2. The predicted octanol–water partition coefficient (Wildman–Crippen LogP) is 4.47. The van der Waals surface area contributed by atoms with Gasteiger partial charge in [-0.25, -0.2) is 9.37 Å². The number of thioether (sulfide) groups is 1. The van der Waals surface area contributed by atoms with Gasteiger partial charge in [-0.3, -0.25) is 18.9 Å². The van der Waals surface area contributed by atoms with Crippen molar-refractivity contribution in [3.05, 3.63) is 80.9 Å². The summed E-state index contributed by atoms with van der Waals surface area (Å²) in [6.07, 6.45) is 5.36. The second kappa shape index (κ2) is 9.31. The molecule has 2 aromatic heterocycles. The lowest BCUT2D eigenvalue weighted by Gasteiger charge is -2.32. The van der Waals surface area contributed by atoms with E-state index < -0.39 is 0 Å². The normalized spacial score (nSPS) is 18.5. The van der Waals surface area contributed by atoms with Crippen LogP contribution >= 0.6 is 24.0 Å².